The number of ether oxygens (including phenoxy) is 2. The second-order valence-corrected chi connectivity index (χ2v) is 12.2. The highest BCUT2D eigenvalue weighted by Gasteiger charge is 2.28. The summed E-state index contributed by atoms with van der Waals surface area (Å²) in [4.78, 5) is 3.74. The van der Waals surface area contributed by atoms with Gasteiger partial charge in [0.1, 0.15) is 23.0 Å². The Morgan fingerprint density at radius 2 is 0.686 bits per heavy atom. The van der Waals surface area contributed by atoms with Crippen molar-refractivity contribution in [2.75, 3.05) is 0 Å². The molecule has 0 heterocycles. The summed E-state index contributed by atoms with van der Waals surface area (Å²) in [6.07, 6.45) is 0. The van der Waals surface area contributed by atoms with Crippen molar-refractivity contribution in [2.45, 2.75) is 14.7 Å². The summed E-state index contributed by atoms with van der Waals surface area (Å²) >= 11 is 4.59. The first-order valence-electron chi connectivity index (χ1n) is 11.0. The maximum atomic E-state index is 6.04. The topological polar surface area (TPSA) is 18.5 Å². The monoisotopic (exact) mass is 699 g/mol. The van der Waals surface area contributed by atoms with E-state index in [0.717, 1.165) is 23.0 Å². The lowest BCUT2D eigenvalue weighted by Gasteiger charge is -2.11. The number of halogens is 2. The number of hydrogen-bond donors (Lipinski definition) is 0. The van der Waals surface area contributed by atoms with Crippen LogP contribution >= 0.6 is 45.2 Å². The van der Waals surface area contributed by atoms with Crippen LogP contribution in [0.15, 0.2) is 142 Å². The standard InChI is InChI=1S/C30H21I2O2S/c31-22-6-10-24(11-7-22)33-26-14-18-29(19-15-26)35(28-4-2-1-3-5-28)30-20-16-27(17-21-30)34-25-12-8-23(32)9-13-25/h1-21H/q+1. The summed E-state index contributed by atoms with van der Waals surface area (Å²) in [6, 6.07) is 43.6. The van der Waals surface area contributed by atoms with Crippen molar-refractivity contribution in [2.24, 2.45) is 0 Å². The van der Waals surface area contributed by atoms with E-state index in [1.54, 1.807) is 0 Å². The van der Waals surface area contributed by atoms with Crippen LogP contribution in [0.2, 0.25) is 0 Å². The third-order valence-electron chi connectivity index (χ3n) is 5.20. The van der Waals surface area contributed by atoms with E-state index in [0.29, 0.717) is 0 Å². The van der Waals surface area contributed by atoms with E-state index in [-0.39, 0.29) is 10.9 Å². The van der Waals surface area contributed by atoms with Gasteiger partial charge in [-0.25, -0.2) is 0 Å². The van der Waals surface area contributed by atoms with E-state index in [1.165, 1.54) is 21.8 Å². The highest BCUT2D eigenvalue weighted by Crippen LogP contribution is 2.34. The second-order valence-electron chi connectivity index (χ2n) is 7.67. The van der Waals surface area contributed by atoms with E-state index in [2.05, 4.69) is 99.8 Å². The SMILES string of the molecule is Ic1ccc(Oc2ccc([S+](c3ccccc3)c3ccc(Oc4ccc(I)cc4)cc3)cc2)cc1. The Labute approximate surface area is 236 Å². The van der Waals surface area contributed by atoms with Crippen molar-refractivity contribution in [3.05, 3.63) is 135 Å². The number of rotatable bonds is 7. The Kier molecular flexibility index (Phi) is 7.95. The lowest BCUT2D eigenvalue weighted by atomic mass is 10.3. The van der Waals surface area contributed by atoms with Crippen LogP contribution in [0.1, 0.15) is 0 Å². The largest absolute Gasteiger partial charge is 0.457 e. The molecule has 0 aromatic heterocycles. The molecule has 0 saturated carbocycles. The molecular formula is C30H21I2O2S+. The minimum Gasteiger partial charge on any atom is -0.457 e. The molecule has 5 rings (SSSR count). The molecule has 5 heteroatoms. The van der Waals surface area contributed by atoms with Crippen LogP contribution in [0, 0.1) is 7.14 Å². The van der Waals surface area contributed by atoms with E-state index in [1.807, 2.05) is 72.8 Å². The van der Waals surface area contributed by atoms with Gasteiger partial charge in [-0.15, -0.1) is 0 Å². The van der Waals surface area contributed by atoms with E-state index in [4.69, 9.17) is 9.47 Å². The van der Waals surface area contributed by atoms with Crippen molar-refractivity contribution < 1.29 is 9.47 Å². The average Bonchev–Trinajstić information content (AvgIpc) is 2.90. The van der Waals surface area contributed by atoms with Gasteiger partial charge in [0, 0.05) is 7.14 Å². The third kappa shape index (κ3) is 6.39. The van der Waals surface area contributed by atoms with Gasteiger partial charge in [0.15, 0.2) is 14.7 Å². The molecule has 0 unspecified atom stereocenters. The van der Waals surface area contributed by atoms with Gasteiger partial charge in [-0.05, 0) is 154 Å². The highest BCUT2D eigenvalue weighted by atomic mass is 127. The zero-order valence-corrected chi connectivity index (χ0v) is 23.7. The Morgan fingerprint density at radius 3 is 1.06 bits per heavy atom. The van der Waals surface area contributed by atoms with Crippen LogP contribution in [-0.2, 0) is 10.9 Å². The predicted molar refractivity (Wildman–Crippen MR) is 160 cm³/mol. The second kappa shape index (κ2) is 11.5. The van der Waals surface area contributed by atoms with Gasteiger partial charge >= 0.3 is 0 Å². The fourth-order valence-corrected chi connectivity index (χ4v) is 6.31. The molecule has 0 aliphatic heterocycles. The quantitative estimate of drug-likeness (QED) is 0.125. The van der Waals surface area contributed by atoms with E-state index < -0.39 is 0 Å². The lowest BCUT2D eigenvalue weighted by Crippen LogP contribution is -2.04. The molecule has 0 amide bonds. The normalized spacial score (nSPS) is 10.8. The summed E-state index contributed by atoms with van der Waals surface area (Å²) in [5.74, 6) is 3.33. The van der Waals surface area contributed by atoms with Crippen LogP contribution in [0.25, 0.3) is 0 Å². The summed E-state index contributed by atoms with van der Waals surface area (Å²) < 4.78 is 14.5. The minimum atomic E-state index is -0.243. The highest BCUT2D eigenvalue weighted by molar-refractivity contribution is 14.1. The first kappa shape index (κ1) is 24.2. The number of hydrogen-bond acceptors (Lipinski definition) is 2. The lowest BCUT2D eigenvalue weighted by molar-refractivity contribution is 0.482. The Bertz CT molecular complexity index is 1280. The molecule has 5 aromatic rings. The molecule has 0 atom stereocenters. The summed E-state index contributed by atoms with van der Waals surface area (Å²) in [5.41, 5.74) is 0. The molecule has 0 spiro atoms. The molecule has 2 nitrogen and oxygen atoms in total. The van der Waals surface area contributed by atoms with Gasteiger partial charge in [-0.2, -0.15) is 0 Å². The van der Waals surface area contributed by atoms with Crippen molar-refractivity contribution >= 4 is 56.1 Å². The number of benzene rings is 5. The zero-order chi connectivity index (χ0) is 24.0. The minimum absolute atomic E-state index is 0.243. The molecule has 0 aliphatic carbocycles. The van der Waals surface area contributed by atoms with E-state index in [9.17, 15) is 0 Å². The van der Waals surface area contributed by atoms with Crippen molar-refractivity contribution in [3.8, 4) is 23.0 Å². The Hall–Kier alpha value is -2.49. The molecule has 0 fully saturated rings. The van der Waals surface area contributed by atoms with E-state index >= 15 is 0 Å². The third-order valence-corrected chi connectivity index (χ3v) is 8.87. The van der Waals surface area contributed by atoms with Crippen LogP contribution in [0.5, 0.6) is 23.0 Å². The Morgan fingerprint density at radius 1 is 0.371 bits per heavy atom. The summed E-state index contributed by atoms with van der Waals surface area (Å²) in [5, 5.41) is 0. The van der Waals surface area contributed by atoms with Crippen molar-refractivity contribution in [1.82, 2.24) is 0 Å². The maximum Gasteiger partial charge on any atom is 0.166 e. The molecule has 5 aromatic carbocycles. The van der Waals surface area contributed by atoms with Gasteiger partial charge in [-0.1, -0.05) is 18.2 Å². The maximum absolute atomic E-state index is 6.04. The molecule has 35 heavy (non-hydrogen) atoms. The molecule has 172 valence electrons. The summed E-state index contributed by atoms with van der Waals surface area (Å²) in [6.45, 7) is 0. The van der Waals surface area contributed by atoms with Gasteiger partial charge in [-0.3, -0.25) is 0 Å². The van der Waals surface area contributed by atoms with Crippen molar-refractivity contribution in [3.63, 3.8) is 0 Å². The van der Waals surface area contributed by atoms with Crippen LogP contribution in [0.3, 0.4) is 0 Å². The van der Waals surface area contributed by atoms with Gasteiger partial charge < -0.3 is 9.47 Å². The molecule has 0 N–H and O–H groups in total. The fraction of sp³-hybridized carbons (Fsp3) is 0. The average molecular weight is 699 g/mol. The smallest absolute Gasteiger partial charge is 0.166 e. The van der Waals surface area contributed by atoms with Gasteiger partial charge in [0.25, 0.3) is 0 Å². The van der Waals surface area contributed by atoms with Gasteiger partial charge in [0.2, 0.25) is 0 Å². The molecule has 0 saturated heterocycles. The summed E-state index contributed by atoms with van der Waals surface area (Å²) in [7, 11) is -0.243. The molecule has 0 bridgehead atoms. The molecular weight excluding hydrogens is 678 g/mol. The first-order chi connectivity index (χ1) is 17.1. The zero-order valence-electron chi connectivity index (χ0n) is 18.6. The molecule has 0 radical (unpaired) electrons. The Balaban J connectivity index is 1.40. The first-order valence-corrected chi connectivity index (χ1v) is 14.4. The predicted octanol–water partition coefficient (Wildman–Crippen LogP) is 9.58. The molecule has 0 aliphatic rings. The van der Waals surface area contributed by atoms with Crippen LogP contribution < -0.4 is 9.47 Å². The van der Waals surface area contributed by atoms with Crippen molar-refractivity contribution in [1.29, 1.82) is 0 Å². The fourth-order valence-electron chi connectivity index (χ4n) is 3.53. The van der Waals surface area contributed by atoms with Crippen LogP contribution in [-0.4, -0.2) is 0 Å². The van der Waals surface area contributed by atoms with Gasteiger partial charge in [0.05, 0.1) is 10.9 Å². The van der Waals surface area contributed by atoms with Crippen LogP contribution in [0.4, 0.5) is 0 Å².